The molecular weight excluding hydrogens is 260 g/mol. The predicted octanol–water partition coefficient (Wildman–Crippen LogP) is 3.63. The van der Waals surface area contributed by atoms with Crippen LogP contribution in [0.3, 0.4) is 0 Å². The highest BCUT2D eigenvalue weighted by Gasteiger charge is 2.08. The van der Waals surface area contributed by atoms with E-state index in [1.165, 1.54) is 5.39 Å². The van der Waals surface area contributed by atoms with Crippen molar-refractivity contribution in [1.29, 1.82) is 0 Å². The van der Waals surface area contributed by atoms with Gasteiger partial charge in [-0.1, -0.05) is 30.3 Å². The monoisotopic (exact) mass is 278 g/mol. The van der Waals surface area contributed by atoms with E-state index in [0.717, 1.165) is 34.4 Å². The molecule has 1 aromatic heterocycles. The van der Waals surface area contributed by atoms with Crippen LogP contribution in [0.25, 0.3) is 21.9 Å². The van der Waals surface area contributed by atoms with Gasteiger partial charge in [0.15, 0.2) is 0 Å². The van der Waals surface area contributed by atoms with Crippen LogP contribution >= 0.6 is 0 Å². The lowest BCUT2D eigenvalue weighted by atomic mass is 9.99. The largest absolute Gasteiger partial charge is 0.496 e. The third-order valence-corrected chi connectivity index (χ3v) is 3.63. The average Bonchev–Trinajstić information content (AvgIpc) is 2.54. The number of methoxy groups -OCH3 is 1. The van der Waals surface area contributed by atoms with E-state index in [9.17, 15) is 0 Å². The molecule has 0 saturated heterocycles. The Balaban J connectivity index is 2.16. The highest BCUT2D eigenvalue weighted by atomic mass is 16.5. The Morgan fingerprint density at radius 2 is 1.95 bits per heavy atom. The molecule has 0 bridgehead atoms. The maximum absolute atomic E-state index is 5.42. The first-order valence-corrected chi connectivity index (χ1v) is 6.98. The lowest BCUT2D eigenvalue weighted by Gasteiger charge is -2.12. The molecule has 0 aliphatic heterocycles. The number of ether oxygens (including phenoxy) is 1. The molecular formula is C18H18N2O. The summed E-state index contributed by atoms with van der Waals surface area (Å²) in [5.74, 6) is 0.904. The first-order chi connectivity index (χ1) is 10.3. The molecule has 0 aliphatic rings. The Labute approximate surface area is 124 Å². The summed E-state index contributed by atoms with van der Waals surface area (Å²) in [6.45, 7) is 0.773. The van der Waals surface area contributed by atoms with E-state index in [2.05, 4.69) is 40.6 Å². The van der Waals surface area contributed by atoms with Crippen molar-refractivity contribution in [3.8, 4) is 16.9 Å². The van der Waals surface area contributed by atoms with Gasteiger partial charge < -0.3 is 10.1 Å². The van der Waals surface area contributed by atoms with Crippen LogP contribution in [0.5, 0.6) is 5.75 Å². The van der Waals surface area contributed by atoms with Crippen LogP contribution in [-0.2, 0) is 6.54 Å². The molecule has 2 aromatic carbocycles. The Morgan fingerprint density at radius 3 is 2.76 bits per heavy atom. The van der Waals surface area contributed by atoms with Crippen molar-refractivity contribution in [2.75, 3.05) is 14.2 Å². The molecule has 21 heavy (non-hydrogen) atoms. The average molecular weight is 278 g/mol. The van der Waals surface area contributed by atoms with E-state index < -0.39 is 0 Å². The summed E-state index contributed by atoms with van der Waals surface area (Å²) in [4.78, 5) is 4.36. The third kappa shape index (κ3) is 2.60. The summed E-state index contributed by atoms with van der Waals surface area (Å²) in [5, 5.41) is 5.55. The molecule has 0 atom stereocenters. The lowest BCUT2D eigenvalue weighted by molar-refractivity contribution is 0.408. The molecule has 0 radical (unpaired) electrons. The molecule has 0 spiro atoms. The first-order valence-electron chi connectivity index (χ1n) is 6.98. The fourth-order valence-electron chi connectivity index (χ4n) is 2.62. The normalized spacial score (nSPS) is 10.8. The van der Waals surface area contributed by atoms with Crippen LogP contribution in [0, 0.1) is 0 Å². The summed E-state index contributed by atoms with van der Waals surface area (Å²) >= 11 is 0. The standard InChI is InChI=1S/C18H18N2O/c1-19-10-15-9-13(7-8-18(15)21-2)17-12-20-11-14-5-3-4-6-16(14)17/h3-9,11-12,19H,10H2,1-2H3. The molecule has 1 heterocycles. The number of pyridine rings is 1. The lowest BCUT2D eigenvalue weighted by Crippen LogP contribution is -2.06. The van der Waals surface area contributed by atoms with Gasteiger partial charge in [-0.3, -0.25) is 4.98 Å². The van der Waals surface area contributed by atoms with Crippen molar-refractivity contribution in [1.82, 2.24) is 10.3 Å². The zero-order valence-corrected chi connectivity index (χ0v) is 12.3. The maximum Gasteiger partial charge on any atom is 0.123 e. The zero-order chi connectivity index (χ0) is 14.7. The third-order valence-electron chi connectivity index (χ3n) is 3.63. The van der Waals surface area contributed by atoms with Crippen molar-refractivity contribution >= 4 is 10.8 Å². The molecule has 3 nitrogen and oxygen atoms in total. The molecule has 3 rings (SSSR count). The fraction of sp³-hybridized carbons (Fsp3) is 0.167. The first kappa shape index (κ1) is 13.6. The number of hydrogen-bond acceptors (Lipinski definition) is 3. The second-order valence-corrected chi connectivity index (χ2v) is 4.97. The van der Waals surface area contributed by atoms with Crippen LogP contribution in [0.2, 0.25) is 0 Å². The predicted molar refractivity (Wildman–Crippen MR) is 86.5 cm³/mol. The van der Waals surface area contributed by atoms with Gasteiger partial charge in [-0.05, 0) is 30.1 Å². The Hall–Kier alpha value is -2.39. The quantitative estimate of drug-likeness (QED) is 0.791. The summed E-state index contributed by atoms with van der Waals surface area (Å²) < 4.78 is 5.42. The molecule has 106 valence electrons. The number of nitrogens with zero attached hydrogens (tertiary/aromatic N) is 1. The maximum atomic E-state index is 5.42. The molecule has 3 aromatic rings. The number of rotatable bonds is 4. The fourth-order valence-corrected chi connectivity index (χ4v) is 2.62. The molecule has 3 heteroatoms. The Bertz CT molecular complexity index is 763. The molecule has 0 unspecified atom stereocenters. The van der Waals surface area contributed by atoms with Gasteiger partial charge in [0.2, 0.25) is 0 Å². The summed E-state index contributed by atoms with van der Waals surface area (Å²) in [6.07, 6.45) is 3.82. The van der Waals surface area contributed by atoms with Crippen LogP contribution in [0.1, 0.15) is 5.56 Å². The summed E-state index contributed by atoms with van der Waals surface area (Å²) in [5.41, 5.74) is 3.45. The molecule has 0 saturated carbocycles. The van der Waals surface area contributed by atoms with Gasteiger partial charge in [-0.15, -0.1) is 0 Å². The smallest absolute Gasteiger partial charge is 0.123 e. The SMILES string of the molecule is CNCc1cc(-c2cncc3ccccc23)ccc1OC. The number of benzene rings is 2. The van der Waals surface area contributed by atoms with Gasteiger partial charge in [0.05, 0.1) is 7.11 Å². The number of aromatic nitrogens is 1. The van der Waals surface area contributed by atoms with Crippen molar-refractivity contribution in [2.45, 2.75) is 6.54 Å². The van der Waals surface area contributed by atoms with Gasteiger partial charge in [0.1, 0.15) is 5.75 Å². The highest BCUT2D eigenvalue weighted by molar-refractivity contribution is 5.95. The second kappa shape index (κ2) is 5.94. The molecule has 1 N–H and O–H groups in total. The van der Waals surface area contributed by atoms with E-state index in [4.69, 9.17) is 4.74 Å². The van der Waals surface area contributed by atoms with Crippen LogP contribution < -0.4 is 10.1 Å². The van der Waals surface area contributed by atoms with Crippen molar-refractivity contribution in [3.63, 3.8) is 0 Å². The highest BCUT2D eigenvalue weighted by Crippen LogP contribution is 2.31. The zero-order valence-electron chi connectivity index (χ0n) is 12.3. The van der Waals surface area contributed by atoms with Gasteiger partial charge in [0.25, 0.3) is 0 Å². The molecule has 0 fully saturated rings. The van der Waals surface area contributed by atoms with E-state index in [1.807, 2.05) is 31.6 Å². The second-order valence-electron chi connectivity index (χ2n) is 4.97. The summed E-state index contributed by atoms with van der Waals surface area (Å²) in [7, 11) is 3.64. The number of nitrogens with one attached hydrogen (secondary N) is 1. The minimum Gasteiger partial charge on any atom is -0.496 e. The van der Waals surface area contributed by atoms with Crippen LogP contribution in [0.15, 0.2) is 54.9 Å². The van der Waals surface area contributed by atoms with Gasteiger partial charge in [-0.2, -0.15) is 0 Å². The minimum absolute atomic E-state index is 0.773. The molecule has 0 amide bonds. The van der Waals surface area contributed by atoms with Gasteiger partial charge in [-0.25, -0.2) is 0 Å². The molecule has 0 aliphatic carbocycles. The van der Waals surface area contributed by atoms with Gasteiger partial charge in [0, 0.05) is 35.5 Å². The van der Waals surface area contributed by atoms with Crippen molar-refractivity contribution in [3.05, 3.63) is 60.4 Å². The number of fused-ring (bicyclic) bond motifs is 1. The number of hydrogen-bond donors (Lipinski definition) is 1. The van der Waals surface area contributed by atoms with Gasteiger partial charge >= 0.3 is 0 Å². The van der Waals surface area contributed by atoms with Crippen molar-refractivity contribution < 1.29 is 4.74 Å². The summed E-state index contributed by atoms with van der Waals surface area (Å²) in [6, 6.07) is 14.6. The van der Waals surface area contributed by atoms with E-state index in [1.54, 1.807) is 7.11 Å². The minimum atomic E-state index is 0.773. The topological polar surface area (TPSA) is 34.2 Å². The van der Waals surface area contributed by atoms with Crippen LogP contribution in [0.4, 0.5) is 0 Å². The Morgan fingerprint density at radius 1 is 1.10 bits per heavy atom. The van der Waals surface area contributed by atoms with Crippen LogP contribution in [-0.4, -0.2) is 19.1 Å². The van der Waals surface area contributed by atoms with E-state index >= 15 is 0 Å². The van der Waals surface area contributed by atoms with E-state index in [-0.39, 0.29) is 0 Å². The Kier molecular flexibility index (Phi) is 3.84. The van der Waals surface area contributed by atoms with Crippen molar-refractivity contribution in [2.24, 2.45) is 0 Å². The van der Waals surface area contributed by atoms with E-state index in [0.29, 0.717) is 0 Å².